The third kappa shape index (κ3) is 2.67. The predicted octanol–water partition coefficient (Wildman–Crippen LogP) is 4.32. The number of hydrogen-bond acceptors (Lipinski definition) is 3. The van der Waals surface area contributed by atoms with E-state index in [-0.39, 0.29) is 5.92 Å². The van der Waals surface area contributed by atoms with Gasteiger partial charge >= 0.3 is 6.09 Å². The highest BCUT2D eigenvalue weighted by atomic mass is 16.5. The van der Waals surface area contributed by atoms with Crippen molar-refractivity contribution in [1.29, 1.82) is 0 Å². The van der Waals surface area contributed by atoms with Crippen molar-refractivity contribution in [1.82, 2.24) is 5.32 Å². The SMILES string of the molecule is O=C(NCc1ccco1)OCC1c2ccccc2-c2ccccc21. The first-order valence-electron chi connectivity index (χ1n) is 7.94. The van der Waals surface area contributed by atoms with E-state index in [9.17, 15) is 4.79 Å². The van der Waals surface area contributed by atoms with Gasteiger partial charge < -0.3 is 14.5 Å². The maximum absolute atomic E-state index is 11.9. The normalized spacial score (nSPS) is 12.5. The summed E-state index contributed by atoms with van der Waals surface area (Å²) in [6.45, 7) is 0.641. The van der Waals surface area contributed by atoms with Crippen molar-refractivity contribution in [2.75, 3.05) is 6.61 Å². The molecule has 0 saturated heterocycles. The Morgan fingerprint density at radius 2 is 1.62 bits per heavy atom. The second-order valence-corrected chi connectivity index (χ2v) is 5.76. The van der Waals surface area contributed by atoms with Gasteiger partial charge in [0.2, 0.25) is 0 Å². The van der Waals surface area contributed by atoms with Gasteiger partial charge in [-0.2, -0.15) is 0 Å². The van der Waals surface area contributed by atoms with E-state index in [1.807, 2.05) is 30.3 Å². The van der Waals surface area contributed by atoms with Crippen LogP contribution in [-0.2, 0) is 11.3 Å². The van der Waals surface area contributed by atoms with Gasteiger partial charge in [-0.15, -0.1) is 0 Å². The van der Waals surface area contributed by atoms with Gasteiger partial charge in [-0.05, 0) is 34.4 Å². The summed E-state index contributed by atoms with van der Waals surface area (Å²) in [5.41, 5.74) is 4.85. The number of rotatable bonds is 4. The number of fused-ring (bicyclic) bond motifs is 3. The summed E-state index contributed by atoms with van der Waals surface area (Å²) >= 11 is 0. The van der Waals surface area contributed by atoms with Gasteiger partial charge in [0, 0.05) is 5.92 Å². The summed E-state index contributed by atoms with van der Waals surface area (Å²) in [6, 6.07) is 20.1. The van der Waals surface area contributed by atoms with Gasteiger partial charge in [-0.25, -0.2) is 4.79 Å². The molecule has 2 aromatic carbocycles. The molecule has 1 aliphatic rings. The lowest BCUT2D eigenvalue weighted by molar-refractivity contribution is 0.141. The summed E-state index contributed by atoms with van der Waals surface area (Å²) < 4.78 is 10.6. The maximum Gasteiger partial charge on any atom is 0.407 e. The predicted molar refractivity (Wildman–Crippen MR) is 90.6 cm³/mol. The molecule has 0 unspecified atom stereocenters. The Hall–Kier alpha value is -3.01. The zero-order valence-corrected chi connectivity index (χ0v) is 13.1. The van der Waals surface area contributed by atoms with Crippen LogP contribution in [0.2, 0.25) is 0 Å². The lowest BCUT2D eigenvalue weighted by atomic mass is 9.98. The second-order valence-electron chi connectivity index (χ2n) is 5.76. The molecule has 4 heteroatoms. The Morgan fingerprint density at radius 3 is 2.25 bits per heavy atom. The molecule has 0 fully saturated rings. The van der Waals surface area contributed by atoms with Gasteiger partial charge in [-0.3, -0.25) is 0 Å². The fourth-order valence-electron chi connectivity index (χ4n) is 3.22. The molecule has 4 rings (SSSR count). The topological polar surface area (TPSA) is 51.5 Å². The van der Waals surface area contributed by atoms with Crippen molar-refractivity contribution in [3.05, 3.63) is 83.8 Å². The molecule has 1 amide bonds. The summed E-state index contributed by atoms with van der Waals surface area (Å²) in [5, 5.41) is 2.70. The Bertz CT molecular complexity index is 809. The number of carbonyl (C=O) groups is 1. The largest absolute Gasteiger partial charge is 0.467 e. The lowest BCUT2D eigenvalue weighted by Gasteiger charge is -2.14. The van der Waals surface area contributed by atoms with Crippen molar-refractivity contribution in [3.8, 4) is 11.1 Å². The number of benzene rings is 2. The summed E-state index contributed by atoms with van der Waals surface area (Å²) in [6.07, 6.45) is 1.14. The van der Waals surface area contributed by atoms with Crippen LogP contribution in [0, 0.1) is 0 Å². The van der Waals surface area contributed by atoms with Gasteiger partial charge in [0.25, 0.3) is 0 Å². The highest BCUT2D eigenvalue weighted by Crippen LogP contribution is 2.44. The quantitative estimate of drug-likeness (QED) is 0.779. The van der Waals surface area contributed by atoms with Crippen LogP contribution in [-0.4, -0.2) is 12.7 Å². The third-order valence-electron chi connectivity index (χ3n) is 4.33. The summed E-state index contributed by atoms with van der Waals surface area (Å²) in [5.74, 6) is 0.773. The average molecular weight is 319 g/mol. The Labute approximate surface area is 140 Å². The van der Waals surface area contributed by atoms with Crippen molar-refractivity contribution >= 4 is 6.09 Å². The van der Waals surface area contributed by atoms with Crippen LogP contribution in [0.15, 0.2) is 71.3 Å². The van der Waals surface area contributed by atoms with Crippen LogP contribution in [0.4, 0.5) is 4.79 Å². The van der Waals surface area contributed by atoms with E-state index in [0.717, 1.165) is 0 Å². The average Bonchev–Trinajstić information content (AvgIpc) is 3.25. The van der Waals surface area contributed by atoms with Crippen molar-refractivity contribution in [3.63, 3.8) is 0 Å². The lowest BCUT2D eigenvalue weighted by Crippen LogP contribution is -2.25. The van der Waals surface area contributed by atoms with E-state index in [0.29, 0.717) is 18.9 Å². The number of carbonyl (C=O) groups excluding carboxylic acids is 1. The number of alkyl carbamates (subject to hydrolysis) is 1. The molecule has 1 aliphatic carbocycles. The molecule has 120 valence electrons. The molecule has 1 aromatic heterocycles. The van der Waals surface area contributed by atoms with Crippen molar-refractivity contribution < 1.29 is 13.9 Å². The number of amides is 1. The van der Waals surface area contributed by atoms with Gasteiger partial charge in [-0.1, -0.05) is 48.5 Å². The molecule has 0 spiro atoms. The Kier molecular flexibility index (Phi) is 3.79. The molecule has 0 radical (unpaired) electrons. The number of furan rings is 1. The fraction of sp³-hybridized carbons (Fsp3) is 0.150. The highest BCUT2D eigenvalue weighted by Gasteiger charge is 2.28. The van der Waals surface area contributed by atoms with E-state index < -0.39 is 6.09 Å². The first-order chi connectivity index (χ1) is 11.8. The van der Waals surface area contributed by atoms with E-state index in [1.54, 1.807) is 12.3 Å². The Balaban J connectivity index is 1.45. The zero-order chi connectivity index (χ0) is 16.4. The van der Waals surface area contributed by atoms with Crippen molar-refractivity contribution in [2.45, 2.75) is 12.5 Å². The third-order valence-corrected chi connectivity index (χ3v) is 4.33. The Morgan fingerprint density at radius 1 is 0.958 bits per heavy atom. The molecule has 1 heterocycles. The molecular weight excluding hydrogens is 302 g/mol. The molecule has 0 saturated carbocycles. The molecular formula is C20H17NO3. The summed E-state index contributed by atoms with van der Waals surface area (Å²) in [7, 11) is 0. The maximum atomic E-state index is 11.9. The minimum atomic E-state index is -0.437. The monoisotopic (exact) mass is 319 g/mol. The van der Waals surface area contributed by atoms with Crippen molar-refractivity contribution in [2.24, 2.45) is 0 Å². The molecule has 4 nitrogen and oxygen atoms in total. The minimum Gasteiger partial charge on any atom is -0.467 e. The van der Waals surface area contributed by atoms with Gasteiger partial charge in [0.05, 0.1) is 12.8 Å². The standard InChI is InChI=1S/C20H17NO3/c22-20(21-12-14-6-5-11-23-14)24-13-19-17-9-3-1-7-15(17)16-8-2-4-10-18(16)19/h1-11,19H,12-13H2,(H,21,22). The van der Waals surface area contributed by atoms with E-state index in [1.165, 1.54) is 22.3 Å². The molecule has 0 bridgehead atoms. The second kappa shape index (κ2) is 6.24. The highest BCUT2D eigenvalue weighted by molar-refractivity contribution is 5.79. The van der Waals surface area contributed by atoms with Gasteiger partial charge in [0.1, 0.15) is 12.4 Å². The molecule has 3 aromatic rings. The van der Waals surface area contributed by atoms with E-state index in [4.69, 9.17) is 9.15 Å². The van der Waals surface area contributed by atoms with Crippen LogP contribution < -0.4 is 5.32 Å². The summed E-state index contributed by atoms with van der Waals surface area (Å²) in [4.78, 5) is 11.9. The molecule has 0 atom stereocenters. The van der Waals surface area contributed by atoms with Crippen LogP contribution in [0.1, 0.15) is 22.8 Å². The minimum absolute atomic E-state index is 0.0757. The van der Waals surface area contributed by atoms with E-state index in [2.05, 4.69) is 29.6 Å². The van der Waals surface area contributed by atoms with Gasteiger partial charge in [0.15, 0.2) is 0 Å². The van der Waals surface area contributed by atoms with Crippen LogP contribution in [0.3, 0.4) is 0 Å². The first kappa shape index (κ1) is 14.6. The first-order valence-corrected chi connectivity index (χ1v) is 7.94. The molecule has 0 aliphatic heterocycles. The number of nitrogens with one attached hydrogen (secondary N) is 1. The molecule has 24 heavy (non-hydrogen) atoms. The molecule has 1 N–H and O–H groups in total. The van der Waals surface area contributed by atoms with E-state index >= 15 is 0 Å². The fourth-order valence-corrected chi connectivity index (χ4v) is 3.22. The van der Waals surface area contributed by atoms with Crippen LogP contribution >= 0.6 is 0 Å². The number of hydrogen-bond donors (Lipinski definition) is 1. The van der Waals surface area contributed by atoms with Crippen LogP contribution in [0.25, 0.3) is 11.1 Å². The zero-order valence-electron chi connectivity index (χ0n) is 13.1. The van der Waals surface area contributed by atoms with Crippen LogP contribution in [0.5, 0.6) is 0 Å². The smallest absolute Gasteiger partial charge is 0.407 e. The number of ether oxygens (including phenoxy) is 1.